The van der Waals surface area contributed by atoms with E-state index in [-0.39, 0.29) is 19.8 Å². The molecule has 0 radical (unpaired) electrons. The highest BCUT2D eigenvalue weighted by Crippen LogP contribution is 2.17. The first-order valence-corrected chi connectivity index (χ1v) is 6.23. The zero-order chi connectivity index (χ0) is 16.4. The molecule has 0 aromatic carbocycles. The molecule has 0 fully saturated rings. The van der Waals surface area contributed by atoms with Gasteiger partial charge >= 0.3 is 17.9 Å². The molecular formula is C13H16FNO6. The maximum Gasteiger partial charge on any atom is 0.349 e. The average Bonchev–Trinajstić information content (AvgIpc) is 2.44. The second-order valence-electron chi connectivity index (χ2n) is 3.46. The van der Waals surface area contributed by atoms with Gasteiger partial charge in [-0.15, -0.1) is 0 Å². The molecule has 116 valence electrons. The SMILES string of the molecule is CCOC(=O)/C(C#N)=C(/C(=O)OCC)C(F)C(=O)OCC. The van der Waals surface area contributed by atoms with Gasteiger partial charge in [0.1, 0.15) is 11.6 Å². The molecule has 1 atom stereocenters. The Bertz CT molecular complexity index is 480. The van der Waals surface area contributed by atoms with E-state index in [4.69, 9.17) is 5.26 Å². The highest BCUT2D eigenvalue weighted by atomic mass is 19.1. The summed E-state index contributed by atoms with van der Waals surface area (Å²) in [5, 5.41) is 8.94. The van der Waals surface area contributed by atoms with E-state index in [0.717, 1.165) is 0 Å². The highest BCUT2D eigenvalue weighted by molar-refractivity contribution is 6.07. The van der Waals surface area contributed by atoms with Crippen molar-refractivity contribution in [3.63, 3.8) is 0 Å². The fourth-order valence-electron chi connectivity index (χ4n) is 1.29. The molecule has 8 heteroatoms. The van der Waals surface area contributed by atoms with Crippen molar-refractivity contribution in [1.29, 1.82) is 5.26 Å². The Balaban J connectivity index is 5.78. The Hall–Kier alpha value is -2.43. The average molecular weight is 301 g/mol. The standard InChI is InChI=1S/C13H16FNO6/c1-4-19-11(16)8(7-15)9(12(17)20-5-2)10(14)13(18)21-6-3/h10H,4-6H2,1-3H3/b9-8+. The molecule has 7 nitrogen and oxygen atoms in total. The number of carbonyl (C=O) groups is 3. The number of nitrogens with zero attached hydrogens (tertiary/aromatic N) is 1. The molecule has 0 amide bonds. The van der Waals surface area contributed by atoms with Gasteiger partial charge in [-0.25, -0.2) is 18.8 Å². The summed E-state index contributed by atoms with van der Waals surface area (Å²) in [7, 11) is 0. The molecule has 0 heterocycles. The van der Waals surface area contributed by atoms with Crippen molar-refractivity contribution in [2.24, 2.45) is 0 Å². The van der Waals surface area contributed by atoms with Crippen molar-refractivity contribution in [1.82, 2.24) is 0 Å². The van der Waals surface area contributed by atoms with Gasteiger partial charge in [-0.05, 0) is 20.8 Å². The predicted molar refractivity (Wildman–Crippen MR) is 67.4 cm³/mol. The highest BCUT2D eigenvalue weighted by Gasteiger charge is 2.36. The Kier molecular flexibility index (Phi) is 8.37. The molecule has 0 aliphatic heterocycles. The Labute approximate surface area is 121 Å². The van der Waals surface area contributed by atoms with Gasteiger partial charge in [0.25, 0.3) is 0 Å². The maximum absolute atomic E-state index is 14.1. The number of alkyl halides is 1. The van der Waals surface area contributed by atoms with E-state index < -0.39 is 35.2 Å². The third-order valence-corrected chi connectivity index (χ3v) is 2.10. The summed E-state index contributed by atoms with van der Waals surface area (Å²) in [6, 6.07) is 1.36. The van der Waals surface area contributed by atoms with Crippen LogP contribution in [0.2, 0.25) is 0 Å². The van der Waals surface area contributed by atoms with Crippen LogP contribution in [0.15, 0.2) is 11.1 Å². The Morgan fingerprint density at radius 1 is 1.00 bits per heavy atom. The first kappa shape index (κ1) is 18.6. The molecule has 0 aromatic rings. The van der Waals surface area contributed by atoms with E-state index in [0.29, 0.717) is 0 Å². The van der Waals surface area contributed by atoms with E-state index in [2.05, 4.69) is 14.2 Å². The smallest absolute Gasteiger partial charge is 0.349 e. The van der Waals surface area contributed by atoms with Gasteiger partial charge < -0.3 is 14.2 Å². The van der Waals surface area contributed by atoms with Gasteiger partial charge in [0.15, 0.2) is 5.57 Å². The fourth-order valence-corrected chi connectivity index (χ4v) is 1.29. The van der Waals surface area contributed by atoms with Gasteiger partial charge in [-0.2, -0.15) is 5.26 Å². The number of hydrogen-bond acceptors (Lipinski definition) is 7. The summed E-state index contributed by atoms with van der Waals surface area (Å²) in [5.41, 5.74) is -1.94. The first-order chi connectivity index (χ1) is 9.94. The summed E-state index contributed by atoms with van der Waals surface area (Å²) in [5.74, 6) is -3.89. The molecule has 0 saturated carbocycles. The molecule has 21 heavy (non-hydrogen) atoms. The molecular weight excluding hydrogens is 285 g/mol. The fraction of sp³-hybridized carbons (Fsp3) is 0.538. The van der Waals surface area contributed by atoms with Crippen LogP contribution in [0.3, 0.4) is 0 Å². The van der Waals surface area contributed by atoms with Gasteiger partial charge in [0, 0.05) is 0 Å². The molecule has 0 rings (SSSR count). The van der Waals surface area contributed by atoms with Crippen LogP contribution in [-0.4, -0.2) is 43.9 Å². The third kappa shape index (κ3) is 5.22. The third-order valence-electron chi connectivity index (χ3n) is 2.10. The van der Waals surface area contributed by atoms with Crippen LogP contribution >= 0.6 is 0 Å². The number of nitriles is 1. The lowest BCUT2D eigenvalue weighted by atomic mass is 10.0. The number of hydrogen-bond donors (Lipinski definition) is 0. The maximum atomic E-state index is 14.1. The van der Waals surface area contributed by atoms with Crippen LogP contribution in [0.25, 0.3) is 0 Å². The number of ether oxygens (including phenoxy) is 3. The van der Waals surface area contributed by atoms with Crippen molar-refractivity contribution < 1.29 is 33.0 Å². The van der Waals surface area contributed by atoms with Crippen LogP contribution in [-0.2, 0) is 28.6 Å². The largest absolute Gasteiger partial charge is 0.464 e. The minimum Gasteiger partial charge on any atom is -0.464 e. The number of esters is 3. The van der Waals surface area contributed by atoms with Crippen molar-refractivity contribution in [2.75, 3.05) is 19.8 Å². The zero-order valence-electron chi connectivity index (χ0n) is 12.0. The number of rotatable bonds is 7. The summed E-state index contributed by atoms with van der Waals surface area (Å²) in [4.78, 5) is 34.7. The van der Waals surface area contributed by atoms with Crippen molar-refractivity contribution in [3.05, 3.63) is 11.1 Å². The minimum atomic E-state index is -2.61. The number of halogens is 1. The molecule has 0 N–H and O–H groups in total. The van der Waals surface area contributed by atoms with E-state index >= 15 is 0 Å². The van der Waals surface area contributed by atoms with Crippen LogP contribution in [0.1, 0.15) is 20.8 Å². The van der Waals surface area contributed by atoms with Crippen LogP contribution < -0.4 is 0 Å². The van der Waals surface area contributed by atoms with Crippen LogP contribution in [0.4, 0.5) is 4.39 Å². The predicted octanol–water partition coefficient (Wildman–Crippen LogP) is 0.834. The van der Waals surface area contributed by atoms with Gasteiger partial charge in [0.05, 0.1) is 19.8 Å². The van der Waals surface area contributed by atoms with E-state index in [9.17, 15) is 18.8 Å². The lowest BCUT2D eigenvalue weighted by Crippen LogP contribution is -2.29. The molecule has 0 bridgehead atoms. The Morgan fingerprint density at radius 2 is 1.48 bits per heavy atom. The van der Waals surface area contributed by atoms with E-state index in [1.807, 2.05) is 0 Å². The molecule has 0 aliphatic rings. The Morgan fingerprint density at radius 3 is 1.90 bits per heavy atom. The van der Waals surface area contributed by atoms with Crippen molar-refractivity contribution in [2.45, 2.75) is 26.9 Å². The van der Waals surface area contributed by atoms with Crippen LogP contribution in [0.5, 0.6) is 0 Å². The zero-order valence-corrected chi connectivity index (χ0v) is 12.0. The quantitative estimate of drug-likeness (QED) is 0.297. The van der Waals surface area contributed by atoms with Crippen molar-refractivity contribution in [3.8, 4) is 6.07 Å². The molecule has 0 aromatic heterocycles. The normalized spacial score (nSPS) is 12.5. The molecule has 0 aliphatic carbocycles. The van der Waals surface area contributed by atoms with Crippen LogP contribution in [0, 0.1) is 11.3 Å². The minimum absolute atomic E-state index is 0.0868. The first-order valence-electron chi connectivity index (χ1n) is 6.23. The summed E-state index contributed by atoms with van der Waals surface area (Å²) >= 11 is 0. The van der Waals surface area contributed by atoms with Crippen molar-refractivity contribution >= 4 is 17.9 Å². The van der Waals surface area contributed by atoms with Gasteiger partial charge in [0.2, 0.25) is 6.17 Å². The van der Waals surface area contributed by atoms with E-state index in [1.54, 1.807) is 0 Å². The summed E-state index contributed by atoms with van der Waals surface area (Å²) in [6.45, 7) is 4.01. The molecule has 1 unspecified atom stereocenters. The summed E-state index contributed by atoms with van der Waals surface area (Å²) in [6.07, 6.45) is -2.61. The second-order valence-corrected chi connectivity index (χ2v) is 3.46. The monoisotopic (exact) mass is 301 g/mol. The lowest BCUT2D eigenvalue weighted by Gasteiger charge is -2.12. The van der Waals surface area contributed by atoms with Gasteiger partial charge in [-0.1, -0.05) is 0 Å². The summed E-state index contributed by atoms with van der Waals surface area (Å²) < 4.78 is 27.6. The molecule has 0 spiro atoms. The second kappa shape index (κ2) is 9.47. The lowest BCUT2D eigenvalue weighted by molar-refractivity contribution is -0.151. The van der Waals surface area contributed by atoms with E-state index in [1.165, 1.54) is 26.8 Å². The number of carbonyl (C=O) groups excluding carboxylic acids is 3. The topological polar surface area (TPSA) is 103 Å². The molecule has 0 saturated heterocycles. The van der Waals surface area contributed by atoms with Gasteiger partial charge in [-0.3, -0.25) is 0 Å².